The van der Waals surface area contributed by atoms with Crippen LogP contribution in [0.4, 0.5) is 0 Å². The van der Waals surface area contributed by atoms with Gasteiger partial charge in [0, 0.05) is 21.9 Å². The Balaban J connectivity index is 2.15. The van der Waals surface area contributed by atoms with E-state index < -0.39 is 6.10 Å². The topological polar surface area (TPSA) is 32.7 Å². The maximum atomic E-state index is 10.8. The monoisotopic (exact) mass is 475 g/mol. The van der Waals surface area contributed by atoms with Gasteiger partial charge in [0.15, 0.2) is 0 Å². The number of benzene rings is 2. The van der Waals surface area contributed by atoms with Crippen LogP contribution in [0.5, 0.6) is 11.5 Å². The molecule has 1 unspecified atom stereocenters. The van der Waals surface area contributed by atoms with Crippen molar-refractivity contribution in [3.05, 3.63) is 94.2 Å². The van der Waals surface area contributed by atoms with Gasteiger partial charge in [-0.15, -0.1) is 0 Å². The van der Waals surface area contributed by atoms with Gasteiger partial charge >= 0.3 is 0 Å². The molecule has 2 aromatic carbocycles. The summed E-state index contributed by atoms with van der Waals surface area (Å²) in [5.41, 5.74) is 1.59. The van der Waals surface area contributed by atoms with Gasteiger partial charge in [0.05, 0.1) is 17.7 Å². The molecule has 0 aliphatic rings. The van der Waals surface area contributed by atoms with E-state index in [2.05, 4.69) is 35.5 Å². The number of aliphatic hydroxyl groups is 1. The molecule has 29 heavy (non-hydrogen) atoms. The minimum atomic E-state index is -0.759. The second-order valence-corrected chi connectivity index (χ2v) is 7.82. The molecule has 5 heteroatoms. The summed E-state index contributed by atoms with van der Waals surface area (Å²) in [6.45, 7) is 8.32. The average molecular weight is 477 g/mol. The van der Waals surface area contributed by atoms with E-state index in [9.17, 15) is 5.11 Å². The molecular weight excluding hydrogens is 450 g/mol. The minimum Gasteiger partial charge on any atom is -0.457 e. The summed E-state index contributed by atoms with van der Waals surface area (Å²) in [4.78, 5) is 1.98. The molecule has 0 amide bonds. The molecule has 1 atom stereocenters. The average Bonchev–Trinajstić information content (AvgIpc) is 2.70. The highest BCUT2D eigenvalue weighted by Crippen LogP contribution is 2.31. The number of aliphatic hydroxyl groups excluding tert-OH is 1. The number of halogens is 2. The van der Waals surface area contributed by atoms with Crippen LogP contribution in [0.25, 0.3) is 0 Å². The van der Waals surface area contributed by atoms with E-state index in [4.69, 9.17) is 16.3 Å². The van der Waals surface area contributed by atoms with Crippen molar-refractivity contribution in [2.45, 2.75) is 32.8 Å². The van der Waals surface area contributed by atoms with E-state index in [0.29, 0.717) is 28.6 Å². The predicted octanol–water partition coefficient (Wildman–Crippen LogP) is 7.63. The number of nitrogens with zero attached hydrogens (tertiary/aromatic N) is 1. The zero-order chi connectivity index (χ0) is 21.2. The second-order valence-electron chi connectivity index (χ2n) is 6.50. The molecule has 0 aromatic heterocycles. The first-order valence-electron chi connectivity index (χ1n) is 9.61. The first-order valence-corrected chi connectivity index (χ1v) is 10.8. The maximum absolute atomic E-state index is 10.8. The largest absolute Gasteiger partial charge is 0.457 e. The van der Waals surface area contributed by atoms with Crippen LogP contribution in [0.3, 0.4) is 0 Å². The van der Waals surface area contributed by atoms with Crippen LogP contribution in [0.15, 0.2) is 83.6 Å². The van der Waals surface area contributed by atoms with Crippen molar-refractivity contribution in [2.24, 2.45) is 0 Å². The summed E-state index contributed by atoms with van der Waals surface area (Å²) >= 11 is 9.86. The predicted molar refractivity (Wildman–Crippen MR) is 125 cm³/mol. The standard InChI is InChI=1S/C24H27BrClNO2/c1-4-7-8-15-27(19(5-2)6-3)17-24(28)22-14-13-21(16-23(22)26)29-20-11-9-18(25)10-12-20/h5-6,8-16,24,28H,2,4,7,17H2,1,3H3/b15-8+,19-6-. The zero-order valence-corrected chi connectivity index (χ0v) is 19.2. The van der Waals surface area contributed by atoms with E-state index in [1.807, 2.05) is 54.4 Å². The fourth-order valence-corrected chi connectivity index (χ4v) is 3.35. The Morgan fingerprint density at radius 2 is 1.93 bits per heavy atom. The Labute approximate surface area is 187 Å². The molecule has 3 nitrogen and oxygen atoms in total. The number of unbranched alkanes of at least 4 members (excludes halogenated alkanes) is 1. The van der Waals surface area contributed by atoms with Gasteiger partial charge in [-0.1, -0.05) is 65.7 Å². The normalized spacial score (nSPS) is 12.8. The van der Waals surface area contributed by atoms with Crippen molar-refractivity contribution in [3.8, 4) is 11.5 Å². The van der Waals surface area contributed by atoms with Crippen molar-refractivity contribution in [1.82, 2.24) is 4.90 Å². The van der Waals surface area contributed by atoms with Crippen LogP contribution in [0.1, 0.15) is 38.4 Å². The fraction of sp³-hybridized carbons (Fsp3) is 0.250. The maximum Gasteiger partial charge on any atom is 0.128 e. The van der Waals surface area contributed by atoms with Crippen molar-refractivity contribution in [3.63, 3.8) is 0 Å². The Hall–Kier alpha value is -2.01. The molecule has 154 valence electrons. The first kappa shape index (κ1) is 23.3. The summed E-state index contributed by atoms with van der Waals surface area (Å²) in [5, 5.41) is 11.3. The molecule has 0 saturated carbocycles. The minimum absolute atomic E-state index is 0.374. The van der Waals surface area contributed by atoms with Crippen molar-refractivity contribution < 1.29 is 9.84 Å². The van der Waals surface area contributed by atoms with Crippen molar-refractivity contribution in [2.75, 3.05) is 6.54 Å². The summed E-state index contributed by atoms with van der Waals surface area (Å²) in [6, 6.07) is 12.9. The van der Waals surface area contributed by atoms with E-state index in [1.165, 1.54) is 0 Å². The smallest absolute Gasteiger partial charge is 0.128 e. The van der Waals surface area contributed by atoms with Gasteiger partial charge in [0.25, 0.3) is 0 Å². The van der Waals surface area contributed by atoms with E-state index in [0.717, 1.165) is 23.0 Å². The lowest BCUT2D eigenvalue weighted by Gasteiger charge is -2.25. The van der Waals surface area contributed by atoms with Gasteiger partial charge in [-0.2, -0.15) is 0 Å². The quantitative estimate of drug-likeness (QED) is 0.358. The number of hydrogen-bond donors (Lipinski definition) is 1. The van der Waals surface area contributed by atoms with Gasteiger partial charge in [0.1, 0.15) is 11.5 Å². The highest BCUT2D eigenvalue weighted by atomic mass is 79.9. The number of allylic oxidation sites excluding steroid dienone is 3. The summed E-state index contributed by atoms with van der Waals surface area (Å²) in [5.74, 6) is 1.33. The fourth-order valence-electron chi connectivity index (χ4n) is 2.79. The molecule has 0 heterocycles. The van der Waals surface area contributed by atoms with Gasteiger partial charge in [-0.05, 0) is 55.8 Å². The highest BCUT2D eigenvalue weighted by molar-refractivity contribution is 9.10. The lowest BCUT2D eigenvalue weighted by molar-refractivity contribution is 0.149. The van der Waals surface area contributed by atoms with E-state index in [1.54, 1.807) is 18.2 Å². The van der Waals surface area contributed by atoms with Crippen molar-refractivity contribution in [1.29, 1.82) is 0 Å². The molecule has 0 saturated heterocycles. The molecule has 0 radical (unpaired) electrons. The number of hydrogen-bond acceptors (Lipinski definition) is 3. The molecular formula is C24H27BrClNO2. The third-order valence-electron chi connectivity index (χ3n) is 4.33. The highest BCUT2D eigenvalue weighted by Gasteiger charge is 2.16. The van der Waals surface area contributed by atoms with Gasteiger partial charge < -0.3 is 14.7 Å². The third kappa shape index (κ3) is 7.07. The Kier molecular flexibility index (Phi) is 9.52. The van der Waals surface area contributed by atoms with Gasteiger partial charge in [0.2, 0.25) is 0 Å². The lowest BCUT2D eigenvalue weighted by Crippen LogP contribution is -2.22. The molecule has 2 aromatic rings. The Bertz CT molecular complexity index is 862. The molecule has 0 fully saturated rings. The van der Waals surface area contributed by atoms with Crippen LogP contribution in [-0.4, -0.2) is 16.6 Å². The molecule has 2 rings (SSSR count). The van der Waals surface area contributed by atoms with Crippen LogP contribution < -0.4 is 4.74 Å². The summed E-state index contributed by atoms with van der Waals surface area (Å²) in [7, 11) is 0. The van der Waals surface area contributed by atoms with Gasteiger partial charge in [-0.25, -0.2) is 0 Å². The molecule has 0 aliphatic heterocycles. The molecule has 0 spiro atoms. The van der Waals surface area contributed by atoms with E-state index >= 15 is 0 Å². The number of ether oxygens (including phenoxy) is 1. The summed E-state index contributed by atoms with van der Waals surface area (Å²) < 4.78 is 6.82. The molecule has 0 bridgehead atoms. The van der Waals surface area contributed by atoms with Crippen LogP contribution in [-0.2, 0) is 0 Å². The number of rotatable bonds is 10. The lowest BCUT2D eigenvalue weighted by atomic mass is 10.1. The van der Waals surface area contributed by atoms with E-state index in [-0.39, 0.29) is 0 Å². The van der Waals surface area contributed by atoms with Crippen LogP contribution in [0, 0.1) is 0 Å². The Morgan fingerprint density at radius 1 is 1.24 bits per heavy atom. The zero-order valence-electron chi connectivity index (χ0n) is 16.8. The van der Waals surface area contributed by atoms with Crippen LogP contribution >= 0.6 is 27.5 Å². The van der Waals surface area contributed by atoms with Crippen molar-refractivity contribution >= 4 is 27.5 Å². The van der Waals surface area contributed by atoms with Gasteiger partial charge in [-0.3, -0.25) is 0 Å². The second kappa shape index (κ2) is 11.9. The summed E-state index contributed by atoms with van der Waals surface area (Å²) in [6.07, 6.45) is 9.11. The third-order valence-corrected chi connectivity index (χ3v) is 5.18. The first-order chi connectivity index (χ1) is 14.0. The molecule has 0 aliphatic carbocycles. The molecule has 1 N–H and O–H groups in total. The SMILES string of the molecule is C=C/C(=C/C)N(/C=C/CCC)CC(O)c1ccc(Oc2ccc(Br)cc2)cc1Cl. The Morgan fingerprint density at radius 3 is 2.52 bits per heavy atom. The van der Waals surface area contributed by atoms with Crippen LogP contribution in [0.2, 0.25) is 5.02 Å².